The van der Waals surface area contributed by atoms with E-state index in [1.54, 1.807) is 0 Å². The Morgan fingerprint density at radius 1 is 0.806 bits per heavy atom. The maximum atomic E-state index is 12.6. The van der Waals surface area contributed by atoms with Crippen molar-refractivity contribution in [3.8, 4) is 0 Å². The minimum atomic E-state index is 0.138. The third kappa shape index (κ3) is 6.05. The van der Waals surface area contributed by atoms with Crippen molar-refractivity contribution < 1.29 is 4.79 Å². The zero-order chi connectivity index (χ0) is 21.3. The number of rotatable bonds is 8. The van der Waals surface area contributed by atoms with E-state index in [-0.39, 0.29) is 11.8 Å². The first kappa shape index (κ1) is 21.3. The van der Waals surface area contributed by atoms with Gasteiger partial charge in [-0.25, -0.2) is 0 Å². The molecule has 0 saturated carbocycles. The highest BCUT2D eigenvalue weighted by molar-refractivity contribution is 5.78. The van der Waals surface area contributed by atoms with Crippen LogP contribution < -0.4 is 5.32 Å². The summed E-state index contributed by atoms with van der Waals surface area (Å²) in [5.41, 5.74) is 3.91. The molecule has 31 heavy (non-hydrogen) atoms. The van der Waals surface area contributed by atoms with Crippen LogP contribution in [0.2, 0.25) is 0 Å². The van der Waals surface area contributed by atoms with Crippen LogP contribution in [0.15, 0.2) is 91.0 Å². The molecule has 1 saturated heterocycles. The fourth-order valence-corrected chi connectivity index (χ4v) is 4.56. The maximum absolute atomic E-state index is 12.6. The molecule has 0 radical (unpaired) electrons. The zero-order valence-electron chi connectivity index (χ0n) is 18.1. The van der Waals surface area contributed by atoms with Crippen LogP contribution in [0.3, 0.4) is 0 Å². The van der Waals surface area contributed by atoms with E-state index in [1.165, 1.54) is 11.1 Å². The molecule has 1 aliphatic rings. The highest BCUT2D eigenvalue weighted by Gasteiger charge is 2.25. The van der Waals surface area contributed by atoms with Gasteiger partial charge in [-0.05, 0) is 55.6 Å². The maximum Gasteiger partial charge on any atom is 0.223 e. The number of hydrogen-bond acceptors (Lipinski definition) is 2. The van der Waals surface area contributed by atoms with Gasteiger partial charge < -0.3 is 10.2 Å². The Morgan fingerprint density at radius 2 is 1.32 bits per heavy atom. The predicted molar refractivity (Wildman–Crippen MR) is 127 cm³/mol. The number of hydrogen-bond donors (Lipinski definition) is 1. The molecule has 1 N–H and O–H groups in total. The molecule has 0 spiro atoms. The summed E-state index contributed by atoms with van der Waals surface area (Å²) >= 11 is 0. The number of nitrogens with zero attached hydrogens (tertiary/aromatic N) is 1. The van der Waals surface area contributed by atoms with Crippen molar-refractivity contribution in [3.63, 3.8) is 0 Å². The van der Waals surface area contributed by atoms with E-state index in [4.69, 9.17) is 0 Å². The second kappa shape index (κ2) is 10.9. The summed E-state index contributed by atoms with van der Waals surface area (Å²) in [6.07, 6.45) is 2.99. The van der Waals surface area contributed by atoms with Gasteiger partial charge in [0.05, 0.1) is 0 Å². The minimum absolute atomic E-state index is 0.138. The number of likely N-dealkylation sites (tertiary alicyclic amines) is 1. The van der Waals surface area contributed by atoms with E-state index >= 15 is 0 Å². The van der Waals surface area contributed by atoms with Crippen molar-refractivity contribution in [2.75, 3.05) is 19.6 Å². The summed E-state index contributed by atoms with van der Waals surface area (Å²) in [7, 11) is 0. The van der Waals surface area contributed by atoms with Crippen LogP contribution in [0, 0.1) is 5.92 Å². The summed E-state index contributed by atoms with van der Waals surface area (Å²) in [4.78, 5) is 15.1. The molecule has 3 heteroatoms. The highest BCUT2D eigenvalue weighted by atomic mass is 16.1. The molecule has 1 fully saturated rings. The van der Waals surface area contributed by atoms with Crippen molar-refractivity contribution in [3.05, 3.63) is 108 Å². The molecular weight excluding hydrogens is 380 g/mol. The first-order chi connectivity index (χ1) is 15.3. The second-order valence-corrected chi connectivity index (χ2v) is 8.48. The van der Waals surface area contributed by atoms with Gasteiger partial charge in [-0.15, -0.1) is 0 Å². The Hall–Kier alpha value is -2.91. The largest absolute Gasteiger partial charge is 0.352 e. The number of carbonyl (C=O) groups excluding carboxylic acids is 1. The lowest BCUT2D eigenvalue weighted by Crippen LogP contribution is -2.40. The summed E-state index contributed by atoms with van der Waals surface area (Å²) in [5, 5.41) is 3.12. The number of nitrogens with one attached hydrogen (secondary N) is 1. The Bertz CT molecular complexity index is 880. The molecule has 4 rings (SSSR count). The molecule has 0 aromatic heterocycles. The average molecular weight is 413 g/mol. The average Bonchev–Trinajstić information content (AvgIpc) is 2.85. The van der Waals surface area contributed by atoms with Gasteiger partial charge in [0.1, 0.15) is 0 Å². The Morgan fingerprint density at radius 3 is 1.87 bits per heavy atom. The summed E-state index contributed by atoms with van der Waals surface area (Å²) in [6, 6.07) is 31.8. The van der Waals surface area contributed by atoms with E-state index < -0.39 is 0 Å². The zero-order valence-corrected chi connectivity index (χ0v) is 18.1. The van der Waals surface area contributed by atoms with Crippen molar-refractivity contribution in [1.29, 1.82) is 0 Å². The molecule has 3 aromatic rings. The fourth-order valence-electron chi connectivity index (χ4n) is 4.56. The van der Waals surface area contributed by atoms with E-state index in [0.717, 1.165) is 44.5 Å². The minimum Gasteiger partial charge on any atom is -0.352 e. The molecule has 0 aliphatic carbocycles. The SMILES string of the molecule is O=C(NCc1ccccc1)C1CCN(CCC(c2ccccc2)c2ccccc2)CC1. The number of benzene rings is 3. The fraction of sp³-hybridized carbons (Fsp3) is 0.321. The van der Waals surface area contributed by atoms with Crippen LogP contribution in [0.4, 0.5) is 0 Å². The predicted octanol–water partition coefficient (Wildman–Crippen LogP) is 5.24. The quantitative estimate of drug-likeness (QED) is 0.549. The highest BCUT2D eigenvalue weighted by Crippen LogP contribution is 2.29. The van der Waals surface area contributed by atoms with Crippen LogP contribution in [-0.2, 0) is 11.3 Å². The van der Waals surface area contributed by atoms with Crippen LogP contribution in [0.1, 0.15) is 41.9 Å². The van der Waals surface area contributed by atoms with Crippen molar-refractivity contribution >= 4 is 5.91 Å². The smallest absolute Gasteiger partial charge is 0.223 e. The molecule has 0 atom stereocenters. The Labute approximate surface area is 186 Å². The number of amides is 1. The summed E-state index contributed by atoms with van der Waals surface area (Å²) < 4.78 is 0. The molecule has 1 aliphatic heterocycles. The third-order valence-electron chi connectivity index (χ3n) is 6.41. The van der Waals surface area contributed by atoms with E-state index in [9.17, 15) is 4.79 Å². The summed E-state index contributed by atoms with van der Waals surface area (Å²) in [6.45, 7) is 3.68. The van der Waals surface area contributed by atoms with E-state index in [1.807, 2.05) is 18.2 Å². The third-order valence-corrected chi connectivity index (χ3v) is 6.41. The van der Waals surface area contributed by atoms with Gasteiger partial charge in [0, 0.05) is 18.4 Å². The van der Waals surface area contributed by atoms with Crippen LogP contribution >= 0.6 is 0 Å². The van der Waals surface area contributed by atoms with Gasteiger partial charge in [0.25, 0.3) is 0 Å². The number of piperidine rings is 1. The molecule has 160 valence electrons. The van der Waals surface area contributed by atoms with Crippen molar-refractivity contribution in [2.24, 2.45) is 5.92 Å². The van der Waals surface area contributed by atoms with Crippen molar-refractivity contribution in [2.45, 2.75) is 31.7 Å². The Kier molecular flexibility index (Phi) is 7.51. The molecule has 3 aromatic carbocycles. The lowest BCUT2D eigenvalue weighted by molar-refractivity contribution is -0.126. The Balaban J connectivity index is 1.27. The van der Waals surface area contributed by atoms with Crippen molar-refractivity contribution in [1.82, 2.24) is 10.2 Å². The first-order valence-electron chi connectivity index (χ1n) is 11.4. The molecule has 3 nitrogen and oxygen atoms in total. The van der Waals surface area contributed by atoms with Gasteiger partial charge in [0.2, 0.25) is 5.91 Å². The summed E-state index contributed by atoms with van der Waals surface area (Å²) in [5.74, 6) is 0.753. The monoisotopic (exact) mass is 412 g/mol. The second-order valence-electron chi connectivity index (χ2n) is 8.48. The van der Waals surface area contributed by atoms with E-state index in [0.29, 0.717) is 12.5 Å². The van der Waals surface area contributed by atoms with Gasteiger partial charge in [-0.3, -0.25) is 4.79 Å². The van der Waals surface area contributed by atoms with Gasteiger partial charge in [-0.1, -0.05) is 91.0 Å². The number of carbonyl (C=O) groups is 1. The lowest BCUT2D eigenvalue weighted by atomic mass is 9.88. The van der Waals surface area contributed by atoms with Crippen LogP contribution in [0.25, 0.3) is 0 Å². The molecule has 1 heterocycles. The normalized spacial score (nSPS) is 15.1. The molecule has 1 amide bonds. The first-order valence-corrected chi connectivity index (χ1v) is 11.4. The standard InChI is InChI=1S/C28H32N2O/c31-28(29-22-23-10-4-1-5-11-23)26-16-19-30(20-17-26)21-18-27(24-12-6-2-7-13-24)25-14-8-3-9-15-25/h1-15,26-27H,16-22H2,(H,29,31). The topological polar surface area (TPSA) is 32.3 Å². The molecule has 0 bridgehead atoms. The van der Waals surface area contributed by atoms with Crippen LogP contribution in [-0.4, -0.2) is 30.4 Å². The lowest BCUT2D eigenvalue weighted by Gasteiger charge is -2.32. The van der Waals surface area contributed by atoms with Gasteiger partial charge >= 0.3 is 0 Å². The molecular formula is C28H32N2O. The van der Waals surface area contributed by atoms with E-state index in [2.05, 4.69) is 83.0 Å². The van der Waals surface area contributed by atoms with Gasteiger partial charge in [0.15, 0.2) is 0 Å². The van der Waals surface area contributed by atoms with Crippen LogP contribution in [0.5, 0.6) is 0 Å². The molecule has 0 unspecified atom stereocenters. The van der Waals surface area contributed by atoms with Gasteiger partial charge in [-0.2, -0.15) is 0 Å².